The van der Waals surface area contributed by atoms with Crippen LogP contribution < -0.4 is 10.2 Å². The highest BCUT2D eigenvalue weighted by Crippen LogP contribution is 2.35. The number of nitrogens with one attached hydrogen (secondary N) is 1. The summed E-state index contributed by atoms with van der Waals surface area (Å²) in [7, 11) is 6.58. The van der Waals surface area contributed by atoms with E-state index in [1.165, 1.54) is 14.2 Å². The fourth-order valence-corrected chi connectivity index (χ4v) is 3.00. The third-order valence-electron chi connectivity index (χ3n) is 4.34. The van der Waals surface area contributed by atoms with E-state index in [4.69, 9.17) is 9.47 Å². The van der Waals surface area contributed by atoms with Gasteiger partial charge in [-0.15, -0.1) is 0 Å². The number of nitrogens with zero attached hydrogens (tertiary/aromatic N) is 1. The lowest BCUT2D eigenvalue weighted by Crippen LogP contribution is -2.33. The van der Waals surface area contributed by atoms with Gasteiger partial charge < -0.3 is 19.7 Å². The first-order valence-corrected chi connectivity index (χ1v) is 7.94. The average Bonchev–Trinajstić information content (AvgIpc) is 2.60. The number of hydrogen-bond donors (Lipinski definition) is 1. The van der Waals surface area contributed by atoms with Crippen molar-refractivity contribution in [3.63, 3.8) is 0 Å². The zero-order valence-corrected chi connectivity index (χ0v) is 15.5. The van der Waals surface area contributed by atoms with E-state index in [0.717, 1.165) is 11.3 Å². The van der Waals surface area contributed by atoms with E-state index in [-0.39, 0.29) is 0 Å². The van der Waals surface area contributed by atoms with Crippen LogP contribution in [0.5, 0.6) is 0 Å². The Bertz CT molecular complexity index is 745. The van der Waals surface area contributed by atoms with Crippen LogP contribution in [0.2, 0.25) is 0 Å². The number of methoxy groups -OCH3 is 2. The van der Waals surface area contributed by atoms with Gasteiger partial charge in [-0.25, -0.2) is 9.59 Å². The molecule has 1 aliphatic heterocycles. The van der Waals surface area contributed by atoms with Crippen LogP contribution in [0.1, 0.15) is 25.5 Å². The van der Waals surface area contributed by atoms with Crippen LogP contribution in [0, 0.1) is 0 Å². The predicted molar refractivity (Wildman–Crippen MR) is 96.1 cm³/mol. The van der Waals surface area contributed by atoms with Gasteiger partial charge in [0.2, 0.25) is 0 Å². The highest BCUT2D eigenvalue weighted by Gasteiger charge is 2.34. The van der Waals surface area contributed by atoms with Gasteiger partial charge in [-0.2, -0.15) is 0 Å². The van der Waals surface area contributed by atoms with Crippen molar-refractivity contribution in [1.29, 1.82) is 0 Å². The Labute approximate surface area is 148 Å². The first kappa shape index (κ1) is 18.6. The monoisotopic (exact) mass is 344 g/mol. The van der Waals surface area contributed by atoms with Crippen LogP contribution in [-0.4, -0.2) is 40.3 Å². The van der Waals surface area contributed by atoms with Crippen molar-refractivity contribution in [2.75, 3.05) is 33.2 Å². The smallest absolute Gasteiger partial charge is 0.339 e. The number of rotatable bonds is 4. The number of ether oxygens (including phenoxy) is 2. The highest BCUT2D eigenvalue weighted by atomic mass is 16.5. The van der Waals surface area contributed by atoms with Crippen molar-refractivity contribution >= 4 is 17.6 Å². The van der Waals surface area contributed by atoms with Gasteiger partial charge in [0.15, 0.2) is 0 Å². The topological polar surface area (TPSA) is 67.9 Å². The van der Waals surface area contributed by atoms with Crippen LogP contribution in [0.4, 0.5) is 5.69 Å². The number of carbonyl (C=O) groups excluding carboxylic acids is 2. The zero-order valence-electron chi connectivity index (χ0n) is 15.5. The quantitative estimate of drug-likeness (QED) is 0.846. The number of dihydropyridines is 1. The van der Waals surface area contributed by atoms with E-state index in [2.05, 4.69) is 5.32 Å². The second kappa shape index (κ2) is 7.42. The molecule has 0 saturated carbocycles. The molecule has 0 saturated heterocycles. The zero-order chi connectivity index (χ0) is 18.7. The molecule has 0 radical (unpaired) electrons. The van der Waals surface area contributed by atoms with Gasteiger partial charge in [0.05, 0.1) is 31.4 Å². The second-order valence-corrected chi connectivity index (χ2v) is 6.09. The summed E-state index contributed by atoms with van der Waals surface area (Å²) in [5, 5.41) is 3.25. The first-order chi connectivity index (χ1) is 11.8. The molecule has 0 fully saturated rings. The molecule has 1 aliphatic rings. The summed E-state index contributed by atoms with van der Waals surface area (Å²) >= 11 is 0. The molecule has 1 atom stereocenters. The maximum Gasteiger partial charge on any atom is 0.339 e. The largest absolute Gasteiger partial charge is 0.466 e. The maximum absolute atomic E-state index is 12.4. The second-order valence-electron chi connectivity index (χ2n) is 6.09. The fraction of sp³-hybridized carbons (Fsp3) is 0.368. The van der Waals surface area contributed by atoms with Gasteiger partial charge in [0.25, 0.3) is 0 Å². The van der Waals surface area contributed by atoms with Crippen molar-refractivity contribution in [3.05, 3.63) is 52.2 Å². The number of carbonyl (C=O) groups is 2. The molecule has 0 aliphatic carbocycles. The van der Waals surface area contributed by atoms with E-state index in [1.807, 2.05) is 43.3 Å². The molecule has 1 N–H and O–H groups in total. The summed E-state index contributed by atoms with van der Waals surface area (Å²) in [6.45, 7) is 3.54. The Morgan fingerprint density at radius 2 is 1.56 bits per heavy atom. The van der Waals surface area contributed by atoms with E-state index in [0.29, 0.717) is 22.4 Å². The summed E-state index contributed by atoms with van der Waals surface area (Å²) in [5.74, 6) is -0.953. The van der Waals surface area contributed by atoms with Crippen LogP contribution in [-0.2, 0) is 19.1 Å². The van der Waals surface area contributed by atoms with Crippen molar-refractivity contribution < 1.29 is 19.1 Å². The minimum atomic E-state index is -0.481. The van der Waals surface area contributed by atoms with Crippen LogP contribution in [0.3, 0.4) is 0 Å². The molecule has 25 heavy (non-hydrogen) atoms. The van der Waals surface area contributed by atoms with Crippen molar-refractivity contribution in [1.82, 2.24) is 5.32 Å². The number of anilines is 1. The lowest BCUT2D eigenvalue weighted by atomic mass is 9.87. The van der Waals surface area contributed by atoms with E-state index >= 15 is 0 Å². The lowest BCUT2D eigenvalue weighted by molar-refractivity contribution is -0.136. The summed E-state index contributed by atoms with van der Waals surface area (Å²) in [5.41, 5.74) is 3.97. The maximum atomic E-state index is 12.4. The Balaban J connectivity index is 2.54. The fourth-order valence-electron chi connectivity index (χ4n) is 3.00. The standard InChI is InChI=1S/C19H24N2O4/c1-11-15(18(22)24-5)12(2)20-17(16(11)19(23)25-6)13-7-9-14(10-8-13)21(3)4/h7-10,17,20H,1-6H3. The van der Waals surface area contributed by atoms with Gasteiger partial charge in [0.1, 0.15) is 0 Å². The third-order valence-corrected chi connectivity index (χ3v) is 4.34. The summed E-state index contributed by atoms with van der Waals surface area (Å²) in [6, 6.07) is 7.49. The molecule has 1 aromatic rings. The van der Waals surface area contributed by atoms with Crippen molar-refractivity contribution in [2.45, 2.75) is 19.9 Å². The van der Waals surface area contributed by atoms with E-state index in [9.17, 15) is 9.59 Å². The highest BCUT2D eigenvalue weighted by molar-refractivity contribution is 6.00. The Kier molecular flexibility index (Phi) is 5.51. The van der Waals surface area contributed by atoms with Gasteiger partial charge >= 0.3 is 11.9 Å². The Morgan fingerprint density at radius 3 is 2.04 bits per heavy atom. The summed E-state index contributed by atoms with van der Waals surface area (Å²) in [4.78, 5) is 26.5. The molecular formula is C19H24N2O4. The molecule has 0 aromatic heterocycles. The van der Waals surface area contributed by atoms with Crippen LogP contribution in [0.25, 0.3) is 0 Å². The van der Waals surface area contributed by atoms with Gasteiger partial charge in [-0.3, -0.25) is 0 Å². The number of hydrogen-bond acceptors (Lipinski definition) is 6. The van der Waals surface area contributed by atoms with Crippen molar-refractivity contribution in [3.8, 4) is 0 Å². The number of allylic oxidation sites excluding steroid dienone is 1. The normalized spacial score (nSPS) is 17.1. The molecule has 0 amide bonds. The molecule has 6 heteroatoms. The molecule has 6 nitrogen and oxygen atoms in total. The van der Waals surface area contributed by atoms with Crippen molar-refractivity contribution in [2.24, 2.45) is 0 Å². The van der Waals surface area contributed by atoms with Crippen LogP contribution >= 0.6 is 0 Å². The Morgan fingerprint density at radius 1 is 1.00 bits per heavy atom. The SMILES string of the molecule is COC(=O)C1=C(C)NC(c2ccc(N(C)C)cc2)C(C(=O)OC)=C1C. The van der Waals surface area contributed by atoms with E-state index in [1.54, 1.807) is 13.8 Å². The molecule has 134 valence electrons. The number of esters is 2. The van der Waals surface area contributed by atoms with Gasteiger partial charge in [-0.05, 0) is 37.1 Å². The van der Waals surface area contributed by atoms with Crippen LogP contribution in [0.15, 0.2) is 46.7 Å². The molecular weight excluding hydrogens is 320 g/mol. The number of benzene rings is 1. The predicted octanol–water partition coefficient (Wildman–Crippen LogP) is 2.33. The minimum Gasteiger partial charge on any atom is -0.466 e. The molecule has 1 aromatic carbocycles. The summed E-state index contributed by atoms with van der Waals surface area (Å²) in [6.07, 6.45) is 0. The molecule has 0 spiro atoms. The van der Waals surface area contributed by atoms with E-state index < -0.39 is 18.0 Å². The molecule has 0 bridgehead atoms. The first-order valence-electron chi connectivity index (χ1n) is 7.94. The molecule has 1 heterocycles. The summed E-state index contributed by atoms with van der Waals surface area (Å²) < 4.78 is 9.80. The Hall–Kier alpha value is -2.76. The molecule has 2 rings (SSSR count). The average molecular weight is 344 g/mol. The molecule has 1 unspecified atom stereocenters. The van der Waals surface area contributed by atoms with Gasteiger partial charge in [-0.1, -0.05) is 12.1 Å². The van der Waals surface area contributed by atoms with Gasteiger partial charge in [0, 0.05) is 25.5 Å². The lowest BCUT2D eigenvalue weighted by Gasteiger charge is -2.30. The minimum absolute atomic E-state index is 0.365. The third kappa shape index (κ3) is 3.52.